The molecule has 2 rings (SSSR count). The fraction of sp³-hybridized carbons (Fsp3) is 0.542. The molecule has 0 saturated carbocycles. The van der Waals surface area contributed by atoms with Crippen LogP contribution >= 0.6 is 0 Å². The lowest BCUT2D eigenvalue weighted by atomic mass is 10.0. The number of amides is 11. The maximum atomic E-state index is 14.0. The third-order valence-electron chi connectivity index (χ3n) is 11.8. The summed E-state index contributed by atoms with van der Waals surface area (Å²) in [5.41, 5.74) is 17.4. The minimum atomic E-state index is -1.97. The highest BCUT2D eigenvalue weighted by atomic mass is 16.4. The highest BCUT2D eigenvalue weighted by Gasteiger charge is 2.37. The SMILES string of the molecule is C[C@@H](O)[C@H](NC(=O)CNC(=O)CNC(=O)[C@H](CCC(N)=O)NC(=O)[C@H](CO)NC(=O)[C@@H](N)Cc1c[nH]cn1)C(=O)N[C@@H](Cc1ccccc1)C(=O)N[C@H](C(=O)N[C@@H](CO)C(=O)N[C@@H](CC(=O)O)C(=O)N[C@@H](CCCCN)C(=O)O)[C@@H](C)O. The Bertz CT molecular complexity index is 2500. The predicted molar refractivity (Wildman–Crippen MR) is 281 cm³/mol. The van der Waals surface area contributed by atoms with Crippen molar-refractivity contribution < 1.29 is 93.0 Å². The van der Waals surface area contributed by atoms with Gasteiger partial charge in [0.05, 0.1) is 63.0 Å². The van der Waals surface area contributed by atoms with E-state index in [1.807, 2.05) is 5.32 Å². The van der Waals surface area contributed by atoms with E-state index in [0.29, 0.717) is 17.7 Å². The van der Waals surface area contributed by atoms with Crippen LogP contribution in [-0.2, 0) is 75.2 Å². The summed E-state index contributed by atoms with van der Waals surface area (Å²) < 4.78 is 0. The third kappa shape index (κ3) is 25.2. The molecule has 23 N–H and O–H groups in total. The minimum absolute atomic E-state index is 0.0368. The van der Waals surface area contributed by atoms with Crippen molar-refractivity contribution in [1.29, 1.82) is 0 Å². The Labute approximate surface area is 468 Å². The van der Waals surface area contributed by atoms with Crippen LogP contribution in [0.2, 0.25) is 0 Å². The second-order valence-electron chi connectivity index (χ2n) is 18.5. The van der Waals surface area contributed by atoms with Crippen LogP contribution in [0.5, 0.6) is 0 Å². The maximum Gasteiger partial charge on any atom is 0.326 e. The quantitative estimate of drug-likeness (QED) is 0.0278. The van der Waals surface area contributed by atoms with Gasteiger partial charge in [0.25, 0.3) is 0 Å². The molecule has 34 nitrogen and oxygen atoms in total. The molecule has 1 aromatic heterocycles. The number of carbonyl (C=O) groups excluding carboxylic acids is 11. The number of aromatic nitrogens is 2. The van der Waals surface area contributed by atoms with Crippen LogP contribution < -0.4 is 70.4 Å². The highest BCUT2D eigenvalue weighted by molar-refractivity contribution is 5.99. The molecule has 0 radical (unpaired) electrons. The van der Waals surface area contributed by atoms with Gasteiger partial charge in [0, 0.05) is 25.5 Å². The first kappa shape index (κ1) is 69.4. The molecule has 11 amide bonds. The van der Waals surface area contributed by atoms with Gasteiger partial charge < -0.3 is 106 Å². The second kappa shape index (κ2) is 35.8. The number of rotatable bonds is 38. The molecule has 0 bridgehead atoms. The highest BCUT2D eigenvalue weighted by Crippen LogP contribution is 2.09. The van der Waals surface area contributed by atoms with E-state index in [1.165, 1.54) is 12.5 Å². The molecular weight excluding hydrogens is 1090 g/mol. The molecule has 34 heteroatoms. The number of aliphatic hydroxyl groups excluding tert-OH is 4. The number of aliphatic carboxylic acids is 2. The number of nitrogens with zero attached hydrogens (tertiary/aromatic N) is 1. The number of benzene rings is 1. The molecule has 1 aromatic carbocycles. The summed E-state index contributed by atoms with van der Waals surface area (Å²) >= 11 is 0. The van der Waals surface area contributed by atoms with Crippen molar-refractivity contribution in [2.45, 2.75) is 132 Å². The zero-order valence-electron chi connectivity index (χ0n) is 44.8. The number of H-pyrrole nitrogens is 1. The van der Waals surface area contributed by atoms with E-state index in [-0.39, 0.29) is 32.2 Å². The fourth-order valence-electron chi connectivity index (χ4n) is 7.30. The van der Waals surface area contributed by atoms with Crippen molar-refractivity contribution in [3.8, 4) is 0 Å². The standard InChI is InChI=1S/C48H73N15O19/c1-23(66)38(62-36(70)19-53-35(69)18-54-41(74)28(11-12-34(51)68)56-44(77)32(20-64)60-40(73)27(50)15-26-17-52-22-55-26)46(79)59-30(14-25-8-4-3-5-9-25)43(76)63-39(24(2)67)47(80)61-33(21-65)45(78)58-31(16-37(71)72)42(75)57-29(48(81)82)10-6-7-13-49/h3-5,8-9,17,22-24,27-33,38-39,64-67H,6-7,10-16,18-21,49-50H2,1-2H3,(H2,51,68)(H,52,55)(H,53,69)(H,54,74)(H,56,77)(H,57,75)(H,58,78)(H,59,79)(H,60,73)(H,61,80)(H,62,70)(H,63,76)(H,71,72)(H,81,82)/t23-,24-,27+,28+,29+,30+,31+,32+,33+,38+,39+/m1/s1. The van der Waals surface area contributed by atoms with Gasteiger partial charge in [-0.1, -0.05) is 30.3 Å². The summed E-state index contributed by atoms with van der Waals surface area (Å²) in [7, 11) is 0. The van der Waals surface area contributed by atoms with Gasteiger partial charge in [-0.05, 0) is 51.6 Å². The molecule has 1 heterocycles. The number of aliphatic hydroxyl groups is 4. The van der Waals surface area contributed by atoms with E-state index in [4.69, 9.17) is 17.2 Å². The molecule has 82 heavy (non-hydrogen) atoms. The molecule has 454 valence electrons. The lowest BCUT2D eigenvalue weighted by Crippen LogP contribution is -2.63. The summed E-state index contributed by atoms with van der Waals surface area (Å²) in [6.45, 7) is -1.52. The molecule has 0 aliphatic rings. The molecule has 11 atom stereocenters. The largest absolute Gasteiger partial charge is 0.481 e. The summed E-state index contributed by atoms with van der Waals surface area (Å²) in [5.74, 6) is -15.3. The van der Waals surface area contributed by atoms with Gasteiger partial charge in [0.15, 0.2) is 0 Å². The molecule has 0 unspecified atom stereocenters. The molecule has 0 spiro atoms. The number of nitrogens with one attached hydrogen (secondary N) is 11. The number of primary amides is 1. The Morgan fingerprint density at radius 2 is 1.09 bits per heavy atom. The van der Waals surface area contributed by atoms with Crippen molar-refractivity contribution in [2.75, 3.05) is 32.8 Å². The monoisotopic (exact) mass is 1160 g/mol. The average molecular weight is 1160 g/mol. The van der Waals surface area contributed by atoms with Crippen LogP contribution in [0.15, 0.2) is 42.9 Å². The second-order valence-corrected chi connectivity index (χ2v) is 18.5. The van der Waals surface area contributed by atoms with Gasteiger partial charge in [-0.3, -0.25) is 57.5 Å². The van der Waals surface area contributed by atoms with Crippen LogP contribution in [0, 0.1) is 0 Å². The van der Waals surface area contributed by atoms with Crippen LogP contribution in [0.4, 0.5) is 0 Å². The molecule has 2 aromatic rings. The van der Waals surface area contributed by atoms with E-state index in [2.05, 4.69) is 57.8 Å². The first-order valence-electron chi connectivity index (χ1n) is 25.5. The number of carboxylic acids is 2. The van der Waals surface area contributed by atoms with Crippen LogP contribution in [0.3, 0.4) is 0 Å². The van der Waals surface area contributed by atoms with E-state index in [9.17, 15) is 93.0 Å². The first-order valence-corrected chi connectivity index (χ1v) is 25.5. The van der Waals surface area contributed by atoms with Crippen molar-refractivity contribution in [1.82, 2.24) is 63.1 Å². The minimum Gasteiger partial charge on any atom is -0.481 e. The number of hydrogen-bond acceptors (Lipinski definition) is 20. The number of nitrogens with two attached hydrogens (primary N) is 3. The molecule has 0 aliphatic carbocycles. The summed E-state index contributed by atoms with van der Waals surface area (Å²) in [6.07, 6.45) is -2.33. The Morgan fingerprint density at radius 3 is 1.61 bits per heavy atom. The van der Waals surface area contributed by atoms with Gasteiger partial charge >= 0.3 is 11.9 Å². The predicted octanol–water partition coefficient (Wildman–Crippen LogP) is -9.67. The molecule has 0 aliphatic heterocycles. The van der Waals surface area contributed by atoms with Crippen molar-refractivity contribution >= 4 is 76.9 Å². The smallest absolute Gasteiger partial charge is 0.326 e. The Balaban J connectivity index is 2.16. The fourth-order valence-corrected chi connectivity index (χ4v) is 7.30. The van der Waals surface area contributed by atoms with Gasteiger partial charge in [-0.25, -0.2) is 9.78 Å². The van der Waals surface area contributed by atoms with Crippen molar-refractivity contribution in [3.05, 3.63) is 54.1 Å². The Kier molecular flexibility index (Phi) is 30.3. The van der Waals surface area contributed by atoms with Crippen LogP contribution in [0.25, 0.3) is 0 Å². The molecular formula is C48H73N15O19. The van der Waals surface area contributed by atoms with E-state index in [1.54, 1.807) is 30.3 Å². The van der Waals surface area contributed by atoms with E-state index in [0.717, 1.165) is 13.8 Å². The summed E-state index contributed by atoms with van der Waals surface area (Å²) in [6, 6.07) is -7.37. The number of carbonyl (C=O) groups is 13. The van der Waals surface area contributed by atoms with E-state index < -0.39 is 189 Å². The topological polar surface area (TPSA) is 570 Å². The zero-order chi connectivity index (χ0) is 61.6. The van der Waals surface area contributed by atoms with Crippen molar-refractivity contribution in [2.24, 2.45) is 17.2 Å². The number of unbranched alkanes of at least 4 members (excludes halogenated alkanes) is 1. The third-order valence-corrected chi connectivity index (χ3v) is 11.8. The normalized spacial score (nSPS) is 15.0. The first-order chi connectivity index (χ1) is 38.7. The average Bonchev–Trinajstić information content (AvgIpc) is 4.00. The van der Waals surface area contributed by atoms with Gasteiger partial charge in [0.1, 0.15) is 48.3 Å². The van der Waals surface area contributed by atoms with Gasteiger partial charge in [-0.15, -0.1) is 0 Å². The maximum absolute atomic E-state index is 14.0. The van der Waals surface area contributed by atoms with Crippen LogP contribution in [-0.4, -0.2) is 217 Å². The van der Waals surface area contributed by atoms with Crippen LogP contribution in [0.1, 0.15) is 63.6 Å². The summed E-state index contributed by atoms with van der Waals surface area (Å²) in [5, 5.41) is 82.0. The Hall–Kier alpha value is -8.70. The number of hydrogen-bond donors (Lipinski definition) is 20. The molecule has 0 fully saturated rings. The number of aromatic amines is 1. The van der Waals surface area contributed by atoms with Crippen molar-refractivity contribution in [3.63, 3.8) is 0 Å². The zero-order valence-corrected chi connectivity index (χ0v) is 44.8. The van der Waals surface area contributed by atoms with Gasteiger partial charge in [-0.2, -0.15) is 0 Å². The summed E-state index contributed by atoms with van der Waals surface area (Å²) in [4.78, 5) is 174. The lowest BCUT2D eigenvalue weighted by Gasteiger charge is -2.28. The van der Waals surface area contributed by atoms with E-state index >= 15 is 0 Å². The molecule has 0 saturated heterocycles. The van der Waals surface area contributed by atoms with Gasteiger partial charge in [0.2, 0.25) is 65.0 Å². The number of imidazole rings is 1. The lowest BCUT2D eigenvalue weighted by molar-refractivity contribution is -0.144. The number of carboxylic acid groups (broad SMARTS) is 2. The Morgan fingerprint density at radius 1 is 0.573 bits per heavy atom.